The number of carbonyl (C=O) groups is 1. The molecule has 3 N–H and O–H groups in total. The molecule has 0 radical (unpaired) electrons. The Bertz CT molecular complexity index is 562. The number of rotatable bonds is 6. The third kappa shape index (κ3) is 3.38. The highest BCUT2D eigenvalue weighted by Crippen LogP contribution is 2.40. The number of methoxy groups -OCH3 is 1. The zero-order valence-corrected chi connectivity index (χ0v) is 11.3. The Morgan fingerprint density at radius 1 is 1.52 bits per heavy atom. The summed E-state index contributed by atoms with van der Waals surface area (Å²) in [4.78, 5) is 22.3. The minimum Gasteiger partial charge on any atom is -0.454 e. The van der Waals surface area contributed by atoms with Gasteiger partial charge in [-0.2, -0.15) is 0 Å². The van der Waals surface area contributed by atoms with Gasteiger partial charge < -0.3 is 25.3 Å². The molecule has 1 atom stereocenters. The number of hydrogen-bond acceptors (Lipinski definition) is 7. The molecule has 1 aliphatic rings. The van der Waals surface area contributed by atoms with E-state index in [1.807, 2.05) is 0 Å². The molecular weight excluding hydrogens is 282 g/mol. The van der Waals surface area contributed by atoms with Gasteiger partial charge in [-0.1, -0.05) is 0 Å². The highest BCUT2D eigenvalue weighted by molar-refractivity contribution is 5.97. The van der Waals surface area contributed by atoms with Crippen molar-refractivity contribution in [3.63, 3.8) is 0 Å². The number of nitrogens with zero attached hydrogens (tertiary/aromatic N) is 1. The monoisotopic (exact) mass is 297 g/mol. The average molecular weight is 297 g/mol. The largest absolute Gasteiger partial charge is 0.454 e. The maximum absolute atomic E-state index is 11.9. The first kappa shape index (κ1) is 15.0. The predicted molar refractivity (Wildman–Crippen MR) is 72.3 cm³/mol. The van der Waals surface area contributed by atoms with E-state index in [9.17, 15) is 14.9 Å². The number of amides is 1. The van der Waals surface area contributed by atoms with Crippen LogP contribution < -0.4 is 20.5 Å². The van der Waals surface area contributed by atoms with Crippen molar-refractivity contribution in [1.82, 2.24) is 0 Å². The molecule has 1 aromatic carbocycles. The maximum atomic E-state index is 11.9. The second-order valence-electron chi connectivity index (χ2n) is 4.36. The average Bonchev–Trinajstić information content (AvgIpc) is 2.90. The van der Waals surface area contributed by atoms with E-state index in [0.29, 0.717) is 18.8 Å². The molecule has 1 heterocycles. The number of fused-ring (bicyclic) bond motifs is 1. The molecule has 0 bridgehead atoms. The predicted octanol–water partition coefficient (Wildman–Crippen LogP) is 0.626. The zero-order chi connectivity index (χ0) is 15.4. The molecule has 0 fully saturated rings. The van der Waals surface area contributed by atoms with Crippen molar-refractivity contribution in [3.05, 3.63) is 22.2 Å². The highest BCUT2D eigenvalue weighted by atomic mass is 16.7. The van der Waals surface area contributed by atoms with Crippen LogP contribution in [0.1, 0.15) is 6.42 Å². The van der Waals surface area contributed by atoms with E-state index in [1.165, 1.54) is 19.2 Å². The Labute approximate surface area is 120 Å². The molecule has 1 amide bonds. The Balaban J connectivity index is 2.19. The van der Waals surface area contributed by atoms with Gasteiger partial charge >= 0.3 is 0 Å². The van der Waals surface area contributed by atoms with Crippen LogP contribution in [0.15, 0.2) is 12.1 Å². The van der Waals surface area contributed by atoms with Crippen molar-refractivity contribution < 1.29 is 23.9 Å². The first-order valence-corrected chi connectivity index (χ1v) is 6.16. The lowest BCUT2D eigenvalue weighted by atomic mass is 10.2. The lowest BCUT2D eigenvalue weighted by Gasteiger charge is -2.12. The highest BCUT2D eigenvalue weighted by Gasteiger charge is 2.25. The summed E-state index contributed by atoms with van der Waals surface area (Å²) in [5, 5.41) is 13.5. The van der Waals surface area contributed by atoms with Gasteiger partial charge in [0.05, 0.1) is 17.0 Å². The van der Waals surface area contributed by atoms with Crippen molar-refractivity contribution in [2.24, 2.45) is 5.73 Å². The molecule has 0 spiro atoms. The van der Waals surface area contributed by atoms with Crippen LogP contribution in [-0.2, 0) is 9.53 Å². The topological polar surface area (TPSA) is 126 Å². The van der Waals surface area contributed by atoms with E-state index in [4.69, 9.17) is 19.9 Å². The molecule has 2 rings (SSSR count). The van der Waals surface area contributed by atoms with Crippen molar-refractivity contribution in [2.75, 3.05) is 25.8 Å². The molecule has 0 saturated heterocycles. The van der Waals surface area contributed by atoms with Gasteiger partial charge in [-0.25, -0.2) is 0 Å². The van der Waals surface area contributed by atoms with Gasteiger partial charge in [0, 0.05) is 19.8 Å². The molecule has 1 aromatic rings. The van der Waals surface area contributed by atoms with Gasteiger partial charge in [0.1, 0.15) is 5.69 Å². The molecular formula is C12H15N3O6. The van der Waals surface area contributed by atoms with Crippen LogP contribution in [0.25, 0.3) is 0 Å². The number of ether oxygens (including phenoxy) is 3. The molecule has 0 aliphatic carbocycles. The summed E-state index contributed by atoms with van der Waals surface area (Å²) in [5.74, 6) is 0.0683. The SMILES string of the molecule is COCCC(N)C(=O)Nc1cc2c(cc1[N+](=O)[O-])OCO2. The van der Waals surface area contributed by atoms with Crippen molar-refractivity contribution in [2.45, 2.75) is 12.5 Å². The Hall–Kier alpha value is -2.39. The lowest BCUT2D eigenvalue weighted by Crippen LogP contribution is -2.36. The van der Waals surface area contributed by atoms with E-state index in [-0.39, 0.29) is 23.9 Å². The number of nitrogens with one attached hydrogen (secondary N) is 1. The van der Waals surface area contributed by atoms with Crippen LogP contribution in [0.3, 0.4) is 0 Å². The molecule has 1 aliphatic heterocycles. The van der Waals surface area contributed by atoms with Crippen LogP contribution in [0.2, 0.25) is 0 Å². The van der Waals surface area contributed by atoms with Crippen LogP contribution in [0.5, 0.6) is 11.5 Å². The molecule has 0 aromatic heterocycles. The number of anilines is 1. The van der Waals surface area contributed by atoms with Crippen LogP contribution in [0, 0.1) is 10.1 Å². The summed E-state index contributed by atoms with van der Waals surface area (Å²) in [6, 6.07) is 1.73. The molecule has 9 heteroatoms. The Morgan fingerprint density at radius 3 is 2.81 bits per heavy atom. The quantitative estimate of drug-likeness (QED) is 0.582. The normalized spacial score (nSPS) is 13.8. The number of carbonyl (C=O) groups excluding carboxylic acids is 1. The van der Waals surface area contributed by atoms with Crippen molar-refractivity contribution in [3.8, 4) is 11.5 Å². The summed E-state index contributed by atoms with van der Waals surface area (Å²) in [5.41, 5.74) is 5.40. The first-order chi connectivity index (χ1) is 10.0. The van der Waals surface area contributed by atoms with E-state index in [1.54, 1.807) is 0 Å². The fourth-order valence-electron chi connectivity index (χ4n) is 1.78. The van der Waals surface area contributed by atoms with Gasteiger partial charge in [-0.15, -0.1) is 0 Å². The van der Waals surface area contributed by atoms with Gasteiger partial charge in [-0.3, -0.25) is 14.9 Å². The molecule has 9 nitrogen and oxygen atoms in total. The number of hydrogen-bond donors (Lipinski definition) is 2. The standard InChI is InChI=1S/C12H15N3O6/c1-19-3-2-7(13)12(16)14-8-4-10-11(21-6-20-10)5-9(8)15(17)18/h4-5,7H,2-3,6,13H2,1H3,(H,14,16). The minimum atomic E-state index is -0.824. The van der Waals surface area contributed by atoms with Gasteiger partial charge in [-0.05, 0) is 6.42 Å². The van der Waals surface area contributed by atoms with E-state index in [2.05, 4.69) is 5.32 Å². The van der Waals surface area contributed by atoms with Crippen molar-refractivity contribution >= 4 is 17.3 Å². The summed E-state index contributed by atoms with van der Waals surface area (Å²) < 4.78 is 15.0. The fourth-order valence-corrected chi connectivity index (χ4v) is 1.78. The van der Waals surface area contributed by atoms with Crippen LogP contribution in [0.4, 0.5) is 11.4 Å². The second-order valence-corrected chi connectivity index (χ2v) is 4.36. The Kier molecular flexibility index (Phi) is 4.55. The van der Waals surface area contributed by atoms with Crippen LogP contribution >= 0.6 is 0 Å². The fraction of sp³-hybridized carbons (Fsp3) is 0.417. The zero-order valence-electron chi connectivity index (χ0n) is 11.3. The molecule has 21 heavy (non-hydrogen) atoms. The Morgan fingerprint density at radius 2 is 2.19 bits per heavy atom. The van der Waals surface area contributed by atoms with Crippen LogP contribution in [-0.4, -0.2) is 37.4 Å². The lowest BCUT2D eigenvalue weighted by molar-refractivity contribution is -0.384. The van der Waals surface area contributed by atoms with E-state index in [0.717, 1.165) is 0 Å². The minimum absolute atomic E-state index is 0.0158. The molecule has 0 saturated carbocycles. The number of nitro benzene ring substituents is 1. The third-order valence-electron chi connectivity index (χ3n) is 2.92. The summed E-state index contributed by atoms with van der Waals surface area (Å²) in [7, 11) is 1.49. The maximum Gasteiger partial charge on any atom is 0.296 e. The second kappa shape index (κ2) is 6.37. The van der Waals surface area contributed by atoms with Crippen molar-refractivity contribution in [1.29, 1.82) is 0 Å². The van der Waals surface area contributed by atoms with Gasteiger partial charge in [0.25, 0.3) is 5.69 Å². The summed E-state index contributed by atoms with van der Waals surface area (Å²) in [6.07, 6.45) is 0.306. The smallest absolute Gasteiger partial charge is 0.296 e. The van der Waals surface area contributed by atoms with Gasteiger partial charge in [0.2, 0.25) is 12.7 Å². The number of nitrogens with two attached hydrogens (primary N) is 1. The molecule has 1 unspecified atom stereocenters. The number of nitro groups is 1. The molecule has 114 valence electrons. The summed E-state index contributed by atoms with van der Waals surface area (Å²) in [6.45, 7) is 0.301. The van der Waals surface area contributed by atoms with E-state index >= 15 is 0 Å². The number of benzene rings is 1. The van der Waals surface area contributed by atoms with Gasteiger partial charge in [0.15, 0.2) is 11.5 Å². The summed E-state index contributed by atoms with van der Waals surface area (Å²) >= 11 is 0. The van der Waals surface area contributed by atoms with E-state index < -0.39 is 16.9 Å². The first-order valence-electron chi connectivity index (χ1n) is 6.16. The third-order valence-corrected chi connectivity index (χ3v) is 2.92.